The molecule has 0 aliphatic carbocycles. The Kier molecular flexibility index (Phi) is 6.17. The normalized spacial score (nSPS) is 10.7. The molecule has 1 aromatic heterocycles. The Labute approximate surface area is 191 Å². The lowest BCUT2D eigenvalue weighted by atomic mass is 10.1. The molecule has 0 spiro atoms. The molecule has 29 heavy (non-hydrogen) atoms. The zero-order valence-corrected chi connectivity index (χ0v) is 19.0. The quantitative estimate of drug-likeness (QED) is 0.276. The van der Waals surface area contributed by atoms with Crippen LogP contribution in [0.4, 0.5) is 0 Å². The van der Waals surface area contributed by atoms with Gasteiger partial charge in [-0.2, -0.15) is 0 Å². The minimum absolute atomic E-state index is 0.218. The summed E-state index contributed by atoms with van der Waals surface area (Å²) in [7, 11) is 0. The van der Waals surface area contributed by atoms with Gasteiger partial charge in [0.15, 0.2) is 5.11 Å². The number of thiazole rings is 1. The number of nitrogens with one attached hydrogen (secondary N) is 2. The SMILES string of the molecule is O=C(NC(=S)NCc1ccc(-c2nc3ccccc3s2)cc1)c1ccc(I)cc1. The Morgan fingerprint density at radius 2 is 1.72 bits per heavy atom. The summed E-state index contributed by atoms with van der Waals surface area (Å²) in [6.07, 6.45) is 0. The predicted molar refractivity (Wildman–Crippen MR) is 131 cm³/mol. The summed E-state index contributed by atoms with van der Waals surface area (Å²) in [4.78, 5) is 16.9. The molecule has 1 amide bonds. The molecule has 0 aliphatic heterocycles. The zero-order valence-electron chi connectivity index (χ0n) is 15.2. The first-order valence-corrected chi connectivity index (χ1v) is 11.2. The smallest absolute Gasteiger partial charge is 0.257 e. The fourth-order valence-corrected chi connectivity index (χ4v) is 4.26. The third-order valence-electron chi connectivity index (χ3n) is 4.28. The van der Waals surface area contributed by atoms with Crippen molar-refractivity contribution in [3.63, 3.8) is 0 Å². The number of hydrogen-bond acceptors (Lipinski definition) is 4. The molecule has 0 bridgehead atoms. The lowest BCUT2D eigenvalue weighted by Crippen LogP contribution is -2.38. The van der Waals surface area contributed by atoms with Crippen LogP contribution in [0.2, 0.25) is 0 Å². The van der Waals surface area contributed by atoms with Crippen LogP contribution in [-0.4, -0.2) is 16.0 Å². The van der Waals surface area contributed by atoms with E-state index in [1.54, 1.807) is 23.5 Å². The van der Waals surface area contributed by atoms with E-state index in [0.29, 0.717) is 17.2 Å². The number of nitrogens with zero attached hydrogens (tertiary/aromatic N) is 1. The average Bonchev–Trinajstić information content (AvgIpc) is 3.17. The van der Waals surface area contributed by atoms with Crippen molar-refractivity contribution in [2.24, 2.45) is 0 Å². The summed E-state index contributed by atoms with van der Waals surface area (Å²) in [5.41, 5.74) is 3.76. The topological polar surface area (TPSA) is 54.0 Å². The van der Waals surface area contributed by atoms with Gasteiger partial charge in [-0.15, -0.1) is 11.3 Å². The number of hydrogen-bond donors (Lipinski definition) is 2. The largest absolute Gasteiger partial charge is 0.358 e. The number of thiocarbonyl (C=S) groups is 1. The second-order valence-electron chi connectivity index (χ2n) is 6.33. The lowest BCUT2D eigenvalue weighted by Gasteiger charge is -2.10. The number of rotatable bonds is 4. The van der Waals surface area contributed by atoms with Crippen LogP contribution in [0.3, 0.4) is 0 Å². The third kappa shape index (κ3) is 4.98. The molecule has 0 atom stereocenters. The van der Waals surface area contributed by atoms with Crippen LogP contribution in [0.25, 0.3) is 20.8 Å². The van der Waals surface area contributed by atoms with Gasteiger partial charge in [0.25, 0.3) is 5.91 Å². The van der Waals surface area contributed by atoms with Crippen LogP contribution in [0.1, 0.15) is 15.9 Å². The molecule has 3 aromatic carbocycles. The van der Waals surface area contributed by atoms with Gasteiger partial charge in [0.05, 0.1) is 10.2 Å². The first-order valence-electron chi connectivity index (χ1n) is 8.88. The van der Waals surface area contributed by atoms with E-state index in [-0.39, 0.29) is 5.91 Å². The molecular weight excluding hydrogens is 513 g/mol. The molecule has 0 radical (unpaired) electrons. The molecule has 0 fully saturated rings. The van der Waals surface area contributed by atoms with Gasteiger partial charge in [-0.25, -0.2) is 4.98 Å². The van der Waals surface area contributed by atoms with Crippen molar-refractivity contribution in [3.05, 3.63) is 87.5 Å². The van der Waals surface area contributed by atoms with Crippen molar-refractivity contribution < 1.29 is 4.79 Å². The number of benzene rings is 3. The fourth-order valence-electron chi connectivity index (χ4n) is 2.76. The Morgan fingerprint density at radius 3 is 2.45 bits per heavy atom. The number of halogens is 1. The van der Waals surface area contributed by atoms with Gasteiger partial charge in [0, 0.05) is 21.2 Å². The molecule has 4 aromatic rings. The maximum absolute atomic E-state index is 12.2. The van der Waals surface area contributed by atoms with Crippen molar-refractivity contribution in [3.8, 4) is 10.6 Å². The van der Waals surface area contributed by atoms with E-state index >= 15 is 0 Å². The Balaban J connectivity index is 1.34. The number of amides is 1. The summed E-state index contributed by atoms with van der Waals surface area (Å²) in [6.45, 7) is 0.534. The molecule has 2 N–H and O–H groups in total. The minimum Gasteiger partial charge on any atom is -0.358 e. The maximum atomic E-state index is 12.2. The number of carbonyl (C=O) groups excluding carboxylic acids is 1. The van der Waals surface area contributed by atoms with E-state index in [4.69, 9.17) is 12.2 Å². The van der Waals surface area contributed by atoms with Gasteiger partial charge < -0.3 is 5.32 Å². The standard InChI is InChI=1S/C22H16IN3OS2/c23-17-11-9-15(10-12-17)20(27)26-22(28)24-13-14-5-7-16(8-6-14)21-25-18-3-1-2-4-19(18)29-21/h1-12H,13H2,(H2,24,26,27,28). The first-order chi connectivity index (χ1) is 14.1. The summed E-state index contributed by atoms with van der Waals surface area (Å²) in [5.74, 6) is -0.218. The van der Waals surface area contributed by atoms with Crippen LogP contribution in [0, 0.1) is 3.57 Å². The van der Waals surface area contributed by atoms with Crippen LogP contribution in [0.15, 0.2) is 72.8 Å². The second-order valence-corrected chi connectivity index (χ2v) is 9.01. The Morgan fingerprint density at radius 1 is 1.00 bits per heavy atom. The molecule has 0 unspecified atom stereocenters. The van der Waals surface area contributed by atoms with E-state index in [0.717, 1.165) is 25.2 Å². The molecule has 144 valence electrons. The van der Waals surface area contributed by atoms with Crippen molar-refractivity contribution >= 4 is 67.4 Å². The van der Waals surface area contributed by atoms with Crippen LogP contribution in [-0.2, 0) is 6.54 Å². The third-order valence-corrected chi connectivity index (χ3v) is 6.33. The number of aromatic nitrogens is 1. The van der Waals surface area contributed by atoms with Gasteiger partial charge in [0.1, 0.15) is 5.01 Å². The maximum Gasteiger partial charge on any atom is 0.257 e. The summed E-state index contributed by atoms with van der Waals surface area (Å²) < 4.78 is 2.26. The average molecular weight is 529 g/mol. The van der Waals surface area contributed by atoms with E-state index in [2.05, 4.69) is 56.4 Å². The molecular formula is C22H16IN3OS2. The summed E-state index contributed by atoms with van der Waals surface area (Å²) in [5, 5.41) is 7.10. The van der Waals surface area contributed by atoms with E-state index in [9.17, 15) is 4.79 Å². The van der Waals surface area contributed by atoms with E-state index in [1.165, 1.54) is 4.70 Å². The molecule has 4 rings (SSSR count). The van der Waals surface area contributed by atoms with Gasteiger partial charge in [0.2, 0.25) is 0 Å². The molecule has 4 nitrogen and oxygen atoms in total. The number of para-hydroxylation sites is 1. The van der Waals surface area contributed by atoms with Crippen molar-refractivity contribution in [1.82, 2.24) is 15.6 Å². The highest BCUT2D eigenvalue weighted by Gasteiger charge is 2.08. The van der Waals surface area contributed by atoms with Gasteiger partial charge >= 0.3 is 0 Å². The Bertz CT molecular complexity index is 1140. The first kappa shape index (κ1) is 19.9. The van der Waals surface area contributed by atoms with Gasteiger partial charge in [-0.05, 0) is 76.8 Å². The van der Waals surface area contributed by atoms with E-state index in [1.807, 2.05) is 42.5 Å². The molecule has 0 saturated carbocycles. The summed E-state index contributed by atoms with van der Waals surface area (Å²) >= 11 is 9.13. The van der Waals surface area contributed by atoms with Gasteiger partial charge in [-0.3, -0.25) is 10.1 Å². The molecule has 1 heterocycles. The van der Waals surface area contributed by atoms with Crippen molar-refractivity contribution in [2.75, 3.05) is 0 Å². The number of carbonyl (C=O) groups is 1. The van der Waals surface area contributed by atoms with Crippen LogP contribution in [0.5, 0.6) is 0 Å². The Hall–Kier alpha value is -2.36. The van der Waals surface area contributed by atoms with Crippen molar-refractivity contribution in [2.45, 2.75) is 6.54 Å². The van der Waals surface area contributed by atoms with Crippen molar-refractivity contribution in [1.29, 1.82) is 0 Å². The predicted octanol–water partition coefficient (Wildman–Crippen LogP) is 5.37. The summed E-state index contributed by atoms with van der Waals surface area (Å²) in [6, 6.07) is 23.7. The number of fused-ring (bicyclic) bond motifs is 1. The zero-order chi connectivity index (χ0) is 20.2. The lowest BCUT2D eigenvalue weighted by molar-refractivity contribution is 0.0976. The molecule has 0 saturated heterocycles. The minimum atomic E-state index is -0.218. The molecule has 0 aliphatic rings. The molecule has 7 heteroatoms. The highest BCUT2D eigenvalue weighted by molar-refractivity contribution is 14.1. The fraction of sp³-hybridized carbons (Fsp3) is 0.0455. The van der Waals surface area contributed by atoms with Crippen LogP contribution < -0.4 is 10.6 Å². The van der Waals surface area contributed by atoms with Gasteiger partial charge in [-0.1, -0.05) is 36.4 Å². The monoisotopic (exact) mass is 529 g/mol. The highest BCUT2D eigenvalue weighted by Crippen LogP contribution is 2.29. The van der Waals surface area contributed by atoms with Crippen LogP contribution >= 0.6 is 46.1 Å². The highest BCUT2D eigenvalue weighted by atomic mass is 127. The second kappa shape index (κ2) is 8.98. The van der Waals surface area contributed by atoms with E-state index < -0.39 is 0 Å².